The van der Waals surface area contributed by atoms with Crippen LogP contribution in [0.5, 0.6) is 0 Å². The molecule has 0 unspecified atom stereocenters. The molecule has 1 N–H and O–H groups in total. The fourth-order valence-corrected chi connectivity index (χ4v) is 4.11. The molecule has 0 saturated heterocycles. The van der Waals surface area contributed by atoms with Crippen LogP contribution in [0.4, 0.5) is 4.39 Å². The molecule has 1 atom stereocenters. The van der Waals surface area contributed by atoms with Crippen LogP contribution in [0.1, 0.15) is 18.5 Å². The number of hydrogen-bond acceptors (Lipinski definition) is 3. The Morgan fingerprint density at radius 2 is 1.81 bits per heavy atom. The van der Waals surface area contributed by atoms with Crippen LogP contribution >= 0.6 is 23.2 Å². The molecule has 0 radical (unpaired) electrons. The zero-order valence-electron chi connectivity index (χ0n) is 14.0. The van der Waals surface area contributed by atoms with E-state index in [9.17, 15) is 17.6 Å². The van der Waals surface area contributed by atoms with Crippen LogP contribution in [0.15, 0.2) is 47.4 Å². The van der Waals surface area contributed by atoms with E-state index < -0.39 is 28.5 Å². The van der Waals surface area contributed by atoms with Crippen molar-refractivity contribution >= 4 is 39.1 Å². The first-order valence-corrected chi connectivity index (χ1v) is 9.77. The van der Waals surface area contributed by atoms with E-state index in [-0.39, 0.29) is 20.8 Å². The minimum absolute atomic E-state index is 0.0151. The number of carbonyl (C=O) groups is 1. The molecule has 2 aromatic rings. The van der Waals surface area contributed by atoms with Gasteiger partial charge >= 0.3 is 0 Å². The highest BCUT2D eigenvalue weighted by molar-refractivity contribution is 7.89. The SMILES string of the molecule is C[C@H](NC(=O)CN(C)S(=O)(=O)c1cc(Cl)ccc1Cl)c1ccc(F)cc1. The first kappa shape index (κ1) is 20.6. The molecule has 0 saturated carbocycles. The predicted octanol–water partition coefficient (Wildman–Crippen LogP) is 3.63. The largest absolute Gasteiger partial charge is 0.348 e. The maximum absolute atomic E-state index is 13.0. The van der Waals surface area contributed by atoms with Crippen molar-refractivity contribution in [2.45, 2.75) is 17.9 Å². The topological polar surface area (TPSA) is 66.5 Å². The van der Waals surface area contributed by atoms with Crippen molar-refractivity contribution < 1.29 is 17.6 Å². The van der Waals surface area contributed by atoms with Crippen LogP contribution in [0.2, 0.25) is 10.0 Å². The summed E-state index contributed by atoms with van der Waals surface area (Å²) in [6.07, 6.45) is 0. The van der Waals surface area contributed by atoms with Crippen LogP contribution < -0.4 is 5.32 Å². The molecule has 140 valence electrons. The lowest BCUT2D eigenvalue weighted by molar-refractivity contribution is -0.121. The lowest BCUT2D eigenvalue weighted by Gasteiger charge is -2.20. The van der Waals surface area contributed by atoms with Gasteiger partial charge in [0, 0.05) is 12.1 Å². The van der Waals surface area contributed by atoms with Crippen molar-refractivity contribution in [3.8, 4) is 0 Å². The summed E-state index contributed by atoms with van der Waals surface area (Å²) < 4.78 is 39.0. The van der Waals surface area contributed by atoms with Gasteiger partial charge in [-0.1, -0.05) is 35.3 Å². The number of likely N-dealkylation sites (N-methyl/N-ethyl adjacent to an activating group) is 1. The Labute approximate surface area is 161 Å². The van der Waals surface area contributed by atoms with E-state index >= 15 is 0 Å². The molecule has 0 spiro atoms. The average Bonchev–Trinajstić information content (AvgIpc) is 2.57. The summed E-state index contributed by atoms with van der Waals surface area (Å²) in [6, 6.07) is 9.34. The number of nitrogens with zero attached hydrogens (tertiary/aromatic N) is 1. The zero-order chi connectivity index (χ0) is 19.5. The monoisotopic (exact) mass is 418 g/mol. The lowest BCUT2D eigenvalue weighted by atomic mass is 10.1. The molecule has 2 rings (SSSR count). The van der Waals surface area contributed by atoms with Gasteiger partial charge < -0.3 is 5.32 Å². The third-order valence-corrected chi connectivity index (χ3v) is 6.22. The molecule has 26 heavy (non-hydrogen) atoms. The van der Waals surface area contributed by atoms with Crippen LogP contribution in [-0.4, -0.2) is 32.2 Å². The summed E-state index contributed by atoms with van der Waals surface area (Å²) in [7, 11) is -2.71. The molecule has 2 aromatic carbocycles. The molecular weight excluding hydrogens is 402 g/mol. The fourth-order valence-electron chi connectivity index (χ4n) is 2.25. The summed E-state index contributed by atoms with van der Waals surface area (Å²) in [5, 5.41) is 2.90. The van der Waals surface area contributed by atoms with E-state index in [1.165, 1.54) is 37.4 Å². The Balaban J connectivity index is 2.08. The van der Waals surface area contributed by atoms with E-state index in [2.05, 4.69) is 5.32 Å². The van der Waals surface area contributed by atoms with Gasteiger partial charge in [0.2, 0.25) is 15.9 Å². The Bertz CT molecular complexity index is 905. The van der Waals surface area contributed by atoms with Crippen molar-refractivity contribution in [3.63, 3.8) is 0 Å². The Morgan fingerprint density at radius 1 is 1.19 bits per heavy atom. The Morgan fingerprint density at radius 3 is 2.42 bits per heavy atom. The van der Waals surface area contributed by atoms with E-state index in [1.807, 2.05) is 0 Å². The van der Waals surface area contributed by atoms with Crippen molar-refractivity contribution in [1.82, 2.24) is 9.62 Å². The number of carbonyl (C=O) groups excluding carboxylic acids is 1. The smallest absolute Gasteiger partial charge is 0.244 e. The minimum atomic E-state index is -3.99. The molecule has 0 aliphatic rings. The molecule has 0 aromatic heterocycles. The number of amides is 1. The highest BCUT2D eigenvalue weighted by atomic mass is 35.5. The van der Waals surface area contributed by atoms with Crippen LogP contribution in [0.3, 0.4) is 0 Å². The molecule has 0 fully saturated rings. The quantitative estimate of drug-likeness (QED) is 0.778. The van der Waals surface area contributed by atoms with Gasteiger partial charge in [0.1, 0.15) is 10.7 Å². The molecule has 0 heterocycles. The van der Waals surface area contributed by atoms with Gasteiger partial charge in [-0.25, -0.2) is 12.8 Å². The summed E-state index contributed by atoms with van der Waals surface area (Å²) in [5.41, 5.74) is 0.697. The van der Waals surface area contributed by atoms with Crippen molar-refractivity contribution in [2.24, 2.45) is 0 Å². The predicted molar refractivity (Wildman–Crippen MR) is 99.2 cm³/mol. The second-order valence-electron chi connectivity index (χ2n) is 5.68. The molecule has 0 bridgehead atoms. The number of rotatable bonds is 6. The number of halogens is 3. The maximum Gasteiger partial charge on any atom is 0.244 e. The van der Waals surface area contributed by atoms with E-state index in [1.54, 1.807) is 19.1 Å². The van der Waals surface area contributed by atoms with E-state index in [4.69, 9.17) is 23.2 Å². The highest BCUT2D eigenvalue weighted by Crippen LogP contribution is 2.27. The van der Waals surface area contributed by atoms with Gasteiger partial charge in [-0.3, -0.25) is 4.79 Å². The summed E-state index contributed by atoms with van der Waals surface area (Å²) in [4.78, 5) is 12.0. The highest BCUT2D eigenvalue weighted by Gasteiger charge is 2.26. The molecule has 5 nitrogen and oxygen atoms in total. The summed E-state index contributed by atoms with van der Waals surface area (Å²) in [6.45, 7) is 1.31. The number of hydrogen-bond donors (Lipinski definition) is 1. The van der Waals surface area contributed by atoms with Gasteiger partial charge in [-0.2, -0.15) is 4.31 Å². The molecule has 1 amide bonds. The van der Waals surface area contributed by atoms with E-state index in [0.717, 1.165) is 4.31 Å². The van der Waals surface area contributed by atoms with E-state index in [0.29, 0.717) is 5.56 Å². The Kier molecular flexibility index (Phi) is 6.63. The maximum atomic E-state index is 13.0. The van der Waals surface area contributed by atoms with Crippen LogP contribution in [-0.2, 0) is 14.8 Å². The Hall–Kier alpha value is -1.67. The minimum Gasteiger partial charge on any atom is -0.348 e. The zero-order valence-corrected chi connectivity index (χ0v) is 16.4. The lowest BCUT2D eigenvalue weighted by Crippen LogP contribution is -2.39. The van der Waals surface area contributed by atoms with Gasteiger partial charge in [0.25, 0.3) is 0 Å². The first-order valence-electron chi connectivity index (χ1n) is 7.57. The van der Waals surface area contributed by atoms with Gasteiger partial charge in [0.05, 0.1) is 17.6 Å². The number of nitrogens with one attached hydrogen (secondary N) is 1. The van der Waals surface area contributed by atoms with Gasteiger partial charge in [-0.15, -0.1) is 0 Å². The molecule has 0 aliphatic heterocycles. The van der Waals surface area contributed by atoms with Gasteiger partial charge in [-0.05, 0) is 42.8 Å². The second-order valence-corrected chi connectivity index (χ2v) is 8.53. The van der Waals surface area contributed by atoms with Crippen molar-refractivity contribution in [1.29, 1.82) is 0 Å². The summed E-state index contributed by atoms with van der Waals surface area (Å²) >= 11 is 11.8. The normalized spacial score (nSPS) is 12.8. The van der Waals surface area contributed by atoms with Crippen molar-refractivity contribution in [2.75, 3.05) is 13.6 Å². The third kappa shape index (κ3) is 4.94. The average molecular weight is 419 g/mol. The first-order chi connectivity index (χ1) is 12.1. The van der Waals surface area contributed by atoms with Gasteiger partial charge in [0.15, 0.2) is 0 Å². The second kappa shape index (κ2) is 8.35. The van der Waals surface area contributed by atoms with Crippen LogP contribution in [0, 0.1) is 5.82 Å². The van der Waals surface area contributed by atoms with Crippen molar-refractivity contribution in [3.05, 3.63) is 63.9 Å². The standard InChI is InChI=1S/C17H17Cl2FN2O3S/c1-11(12-3-6-14(20)7-4-12)21-17(23)10-22(2)26(24,25)16-9-13(18)5-8-15(16)19/h3-9,11H,10H2,1-2H3,(H,21,23)/t11-/m0/s1. The molecular formula is C17H17Cl2FN2O3S. The number of sulfonamides is 1. The molecule has 0 aliphatic carbocycles. The molecule has 9 heteroatoms. The third-order valence-electron chi connectivity index (χ3n) is 3.70. The number of benzene rings is 2. The summed E-state index contributed by atoms with van der Waals surface area (Å²) in [5.74, 6) is -0.887. The van der Waals surface area contributed by atoms with Crippen LogP contribution in [0.25, 0.3) is 0 Å². The fraction of sp³-hybridized carbons (Fsp3) is 0.235.